The van der Waals surface area contributed by atoms with E-state index in [4.69, 9.17) is 14.2 Å². The van der Waals surface area contributed by atoms with Gasteiger partial charge >= 0.3 is 0 Å². The minimum absolute atomic E-state index is 0.252. The molecule has 0 saturated heterocycles. The molecule has 0 fully saturated rings. The largest absolute Gasteiger partial charge is 0.504 e. The van der Waals surface area contributed by atoms with Gasteiger partial charge in [0.1, 0.15) is 12.2 Å². The summed E-state index contributed by atoms with van der Waals surface area (Å²) >= 11 is 0. The van der Waals surface area contributed by atoms with Crippen molar-refractivity contribution in [3.05, 3.63) is 109 Å². The molecule has 2 aromatic rings. The molecule has 0 N–H and O–H groups in total. The molecule has 0 aliphatic heterocycles. The van der Waals surface area contributed by atoms with Gasteiger partial charge in [-0.25, -0.2) is 0 Å². The number of benzene rings is 2. The lowest BCUT2D eigenvalue weighted by Crippen LogP contribution is -2.28. The molecule has 0 aliphatic carbocycles. The van der Waals surface area contributed by atoms with E-state index in [2.05, 4.69) is 6.58 Å². The Morgan fingerprint density at radius 3 is 1.85 bits per heavy atom. The van der Waals surface area contributed by atoms with Gasteiger partial charge in [-0.1, -0.05) is 78.9 Å². The molecule has 0 bridgehead atoms. The molecule has 136 valence electrons. The van der Waals surface area contributed by atoms with Crippen molar-refractivity contribution in [2.24, 2.45) is 0 Å². The van der Waals surface area contributed by atoms with Crippen molar-refractivity contribution in [1.29, 1.82) is 0 Å². The number of ether oxygens (including phenoxy) is 3. The molecule has 0 aliphatic rings. The summed E-state index contributed by atoms with van der Waals surface area (Å²) in [6, 6.07) is 20.1. The van der Waals surface area contributed by atoms with E-state index in [1.165, 1.54) is 0 Å². The highest BCUT2D eigenvalue weighted by Gasteiger charge is 2.17. The number of hydrogen-bond donors (Lipinski definition) is 0. The molecular formula is C23H26O3. The molecule has 0 saturated carbocycles. The van der Waals surface area contributed by atoms with Crippen LogP contribution in [0, 0.1) is 0 Å². The highest BCUT2D eigenvalue weighted by molar-refractivity contribution is 5.15. The Kier molecular flexibility index (Phi) is 8.98. The minimum atomic E-state index is -0.258. The highest BCUT2D eigenvalue weighted by Crippen LogP contribution is 2.14. The number of allylic oxidation sites excluding steroid dienone is 2. The summed E-state index contributed by atoms with van der Waals surface area (Å²) in [5, 5.41) is 0. The molecule has 3 nitrogen and oxygen atoms in total. The van der Waals surface area contributed by atoms with Crippen molar-refractivity contribution in [2.45, 2.75) is 25.4 Å². The second-order valence-electron chi connectivity index (χ2n) is 5.71. The molecule has 3 heteroatoms. The zero-order valence-corrected chi connectivity index (χ0v) is 15.2. The molecule has 0 spiro atoms. The van der Waals surface area contributed by atoms with Gasteiger partial charge in [-0.15, -0.1) is 6.58 Å². The first-order chi connectivity index (χ1) is 12.8. The first-order valence-corrected chi connectivity index (χ1v) is 8.63. The zero-order chi connectivity index (χ0) is 18.5. The van der Waals surface area contributed by atoms with Crippen LogP contribution in [-0.2, 0) is 27.4 Å². The topological polar surface area (TPSA) is 27.7 Å². The zero-order valence-electron chi connectivity index (χ0n) is 15.2. The van der Waals surface area contributed by atoms with Gasteiger partial charge in [-0.2, -0.15) is 0 Å². The standard InChI is InChI=1S/C23H26O3/c1-3-22(25-18-20-12-6-4-7-13-20)23(16-10-11-17-24-2)26-19-21-14-8-5-9-15-21/h3-17,22-23H,1,18-19H2,2H3/b16-10-,17-11+/t22-,23+/m0/s1. The van der Waals surface area contributed by atoms with Crippen molar-refractivity contribution < 1.29 is 14.2 Å². The molecule has 2 aromatic carbocycles. The van der Waals surface area contributed by atoms with E-state index < -0.39 is 0 Å². The van der Waals surface area contributed by atoms with Crippen molar-refractivity contribution in [3.63, 3.8) is 0 Å². The second-order valence-corrected chi connectivity index (χ2v) is 5.71. The van der Waals surface area contributed by atoms with Crippen molar-refractivity contribution in [3.8, 4) is 0 Å². The molecule has 0 aromatic heterocycles. The maximum Gasteiger partial charge on any atom is 0.106 e. The van der Waals surface area contributed by atoms with Gasteiger partial charge in [0.05, 0.1) is 26.6 Å². The fourth-order valence-corrected chi connectivity index (χ4v) is 2.39. The average molecular weight is 350 g/mol. The Hall–Kier alpha value is -2.62. The van der Waals surface area contributed by atoms with Crippen LogP contribution in [0.1, 0.15) is 11.1 Å². The maximum atomic E-state index is 6.09. The first-order valence-electron chi connectivity index (χ1n) is 8.63. The predicted octanol–water partition coefficient (Wildman–Crippen LogP) is 5.06. The third-order valence-corrected chi connectivity index (χ3v) is 3.75. The fourth-order valence-electron chi connectivity index (χ4n) is 2.39. The van der Waals surface area contributed by atoms with Gasteiger partial charge < -0.3 is 14.2 Å². The number of rotatable bonds is 11. The van der Waals surface area contributed by atoms with Crippen LogP contribution in [-0.4, -0.2) is 19.3 Å². The molecule has 0 amide bonds. The van der Waals surface area contributed by atoms with Gasteiger partial charge in [0.25, 0.3) is 0 Å². The molecule has 2 atom stereocenters. The Balaban J connectivity index is 2.01. The summed E-state index contributed by atoms with van der Waals surface area (Å²) in [6.07, 6.45) is 8.54. The number of methoxy groups -OCH3 is 1. The van der Waals surface area contributed by atoms with Crippen LogP contribution in [0.3, 0.4) is 0 Å². The smallest absolute Gasteiger partial charge is 0.106 e. The summed E-state index contributed by atoms with van der Waals surface area (Å²) in [5.41, 5.74) is 2.23. The van der Waals surface area contributed by atoms with Gasteiger partial charge in [0.2, 0.25) is 0 Å². The Labute approximate surface area is 156 Å². The Morgan fingerprint density at radius 1 is 0.808 bits per heavy atom. The lowest BCUT2D eigenvalue weighted by Gasteiger charge is -2.23. The summed E-state index contributed by atoms with van der Waals surface area (Å²) in [6.45, 7) is 4.92. The van der Waals surface area contributed by atoms with Crippen LogP contribution in [0.4, 0.5) is 0 Å². The van der Waals surface area contributed by atoms with Crippen molar-refractivity contribution in [2.75, 3.05) is 7.11 Å². The van der Waals surface area contributed by atoms with Gasteiger partial charge in [-0.05, 0) is 17.2 Å². The molecule has 0 radical (unpaired) electrons. The lowest BCUT2D eigenvalue weighted by molar-refractivity contribution is -0.0419. The van der Waals surface area contributed by atoms with Crippen LogP contribution < -0.4 is 0 Å². The van der Waals surface area contributed by atoms with E-state index in [0.717, 1.165) is 11.1 Å². The van der Waals surface area contributed by atoms with Crippen molar-refractivity contribution >= 4 is 0 Å². The molecule has 2 rings (SSSR count). The van der Waals surface area contributed by atoms with Crippen LogP contribution in [0.15, 0.2) is 97.8 Å². The quantitative estimate of drug-likeness (QED) is 0.322. The van der Waals surface area contributed by atoms with E-state index in [0.29, 0.717) is 13.2 Å². The average Bonchev–Trinajstić information content (AvgIpc) is 2.70. The SMILES string of the molecule is C=C[C@H](OCc1ccccc1)[C@@H](/C=C\C=C\OC)OCc1ccccc1. The Morgan fingerprint density at radius 2 is 1.35 bits per heavy atom. The second kappa shape index (κ2) is 11.9. The first kappa shape index (κ1) is 19.7. The number of hydrogen-bond acceptors (Lipinski definition) is 3. The van der Waals surface area contributed by atoms with E-state index in [9.17, 15) is 0 Å². The predicted molar refractivity (Wildman–Crippen MR) is 106 cm³/mol. The monoisotopic (exact) mass is 350 g/mol. The van der Waals surface area contributed by atoms with Gasteiger partial charge in [0.15, 0.2) is 0 Å². The summed E-state index contributed by atoms with van der Waals surface area (Å²) < 4.78 is 17.0. The normalized spacial score (nSPS) is 13.7. The fraction of sp³-hybridized carbons (Fsp3) is 0.217. The summed E-state index contributed by atoms with van der Waals surface area (Å²) in [7, 11) is 1.61. The summed E-state index contributed by atoms with van der Waals surface area (Å²) in [4.78, 5) is 0. The third-order valence-electron chi connectivity index (χ3n) is 3.75. The van der Waals surface area contributed by atoms with Gasteiger partial charge in [-0.3, -0.25) is 0 Å². The molecular weight excluding hydrogens is 324 g/mol. The van der Waals surface area contributed by atoms with Crippen molar-refractivity contribution in [1.82, 2.24) is 0 Å². The van der Waals surface area contributed by atoms with E-state index in [1.54, 1.807) is 19.4 Å². The van der Waals surface area contributed by atoms with E-state index in [1.807, 2.05) is 78.9 Å². The molecule has 0 heterocycles. The molecule has 26 heavy (non-hydrogen) atoms. The minimum Gasteiger partial charge on any atom is -0.504 e. The maximum absolute atomic E-state index is 6.09. The Bertz CT molecular complexity index is 677. The third kappa shape index (κ3) is 7.09. The van der Waals surface area contributed by atoms with Gasteiger partial charge in [0, 0.05) is 0 Å². The summed E-state index contributed by atoms with van der Waals surface area (Å²) in [5.74, 6) is 0. The van der Waals surface area contributed by atoms with E-state index >= 15 is 0 Å². The van der Waals surface area contributed by atoms with Crippen LogP contribution >= 0.6 is 0 Å². The lowest BCUT2D eigenvalue weighted by atomic mass is 10.1. The molecule has 0 unspecified atom stereocenters. The van der Waals surface area contributed by atoms with E-state index in [-0.39, 0.29) is 12.2 Å². The van der Waals surface area contributed by atoms with Crippen LogP contribution in [0.2, 0.25) is 0 Å². The highest BCUT2D eigenvalue weighted by atomic mass is 16.5. The van der Waals surface area contributed by atoms with Crippen LogP contribution in [0.25, 0.3) is 0 Å². The van der Waals surface area contributed by atoms with Crippen LogP contribution in [0.5, 0.6) is 0 Å².